The zero-order valence-electron chi connectivity index (χ0n) is 13.8. The summed E-state index contributed by atoms with van der Waals surface area (Å²) in [6.45, 7) is 1.11. The number of nitrogens with zero attached hydrogens (tertiary/aromatic N) is 3. The van der Waals surface area contributed by atoms with Gasteiger partial charge in [-0.15, -0.1) is 0 Å². The lowest BCUT2D eigenvalue weighted by Crippen LogP contribution is -2.50. The third-order valence-electron chi connectivity index (χ3n) is 4.25. The Kier molecular flexibility index (Phi) is 5.82. The van der Waals surface area contributed by atoms with Crippen LogP contribution in [0.25, 0.3) is 0 Å². The largest absolute Gasteiger partial charge is 0.340 e. The average molecular weight is 414 g/mol. The van der Waals surface area contributed by atoms with E-state index in [4.69, 9.17) is 23.2 Å². The molecule has 1 aromatic carbocycles. The molecule has 0 spiro atoms. The monoisotopic (exact) mass is 413 g/mol. The molecule has 1 aliphatic heterocycles. The zero-order valence-corrected chi connectivity index (χ0v) is 16.1. The number of aromatic nitrogens is 1. The van der Waals surface area contributed by atoms with Crippen molar-refractivity contribution in [3.63, 3.8) is 0 Å². The van der Waals surface area contributed by atoms with E-state index in [-0.39, 0.29) is 30.3 Å². The van der Waals surface area contributed by atoms with E-state index in [0.29, 0.717) is 28.7 Å². The summed E-state index contributed by atoms with van der Waals surface area (Å²) in [4.78, 5) is 18.2. The van der Waals surface area contributed by atoms with Crippen LogP contribution in [0.1, 0.15) is 5.56 Å². The van der Waals surface area contributed by atoms with E-state index < -0.39 is 10.0 Å². The van der Waals surface area contributed by atoms with Crippen LogP contribution in [0.2, 0.25) is 10.0 Å². The fraction of sp³-hybridized carbons (Fsp3) is 0.294. The minimum Gasteiger partial charge on any atom is -0.340 e. The van der Waals surface area contributed by atoms with E-state index >= 15 is 0 Å². The second-order valence-electron chi connectivity index (χ2n) is 5.85. The van der Waals surface area contributed by atoms with Crippen LogP contribution < -0.4 is 0 Å². The first-order chi connectivity index (χ1) is 12.4. The minimum absolute atomic E-state index is 0.0911. The van der Waals surface area contributed by atoms with E-state index in [1.807, 2.05) is 0 Å². The smallest absolute Gasteiger partial charge is 0.244 e. The second kappa shape index (κ2) is 7.92. The number of piperazine rings is 1. The van der Waals surface area contributed by atoms with Gasteiger partial charge < -0.3 is 4.90 Å². The van der Waals surface area contributed by atoms with Gasteiger partial charge in [-0.25, -0.2) is 8.42 Å². The molecule has 3 rings (SSSR count). The summed E-state index contributed by atoms with van der Waals surface area (Å²) < 4.78 is 26.6. The highest BCUT2D eigenvalue weighted by Crippen LogP contribution is 2.25. The molecule has 1 aromatic heterocycles. The van der Waals surface area contributed by atoms with E-state index in [0.717, 1.165) is 0 Å². The Morgan fingerprint density at radius 1 is 1.04 bits per heavy atom. The molecule has 6 nitrogen and oxygen atoms in total. The maximum Gasteiger partial charge on any atom is 0.244 e. The van der Waals surface area contributed by atoms with Gasteiger partial charge in [-0.2, -0.15) is 4.31 Å². The number of amides is 1. The van der Waals surface area contributed by atoms with E-state index in [9.17, 15) is 13.2 Å². The first kappa shape index (κ1) is 19.1. The number of halogens is 2. The van der Waals surface area contributed by atoms with Crippen LogP contribution in [-0.4, -0.2) is 54.7 Å². The highest BCUT2D eigenvalue weighted by atomic mass is 35.5. The lowest BCUT2D eigenvalue weighted by Gasteiger charge is -2.34. The van der Waals surface area contributed by atoms with Crippen LogP contribution in [0.15, 0.2) is 47.6 Å². The molecule has 2 heterocycles. The SMILES string of the molecule is O=C(Cc1c(Cl)cccc1Cl)N1CCN(S(=O)(=O)c2cccnc2)CC1. The molecule has 1 aliphatic rings. The molecule has 0 aliphatic carbocycles. The van der Waals surface area contributed by atoms with Crippen molar-refractivity contribution in [3.05, 3.63) is 58.3 Å². The molecule has 2 aromatic rings. The van der Waals surface area contributed by atoms with E-state index in [1.165, 1.54) is 22.8 Å². The molecule has 1 saturated heterocycles. The predicted octanol–water partition coefficient (Wildman–Crippen LogP) is 2.46. The van der Waals surface area contributed by atoms with Crippen LogP contribution >= 0.6 is 23.2 Å². The van der Waals surface area contributed by atoms with Crippen LogP contribution in [0, 0.1) is 0 Å². The van der Waals surface area contributed by atoms with Crippen molar-refractivity contribution in [1.29, 1.82) is 0 Å². The Labute approximate surface area is 162 Å². The Balaban J connectivity index is 1.64. The van der Waals surface area contributed by atoms with Gasteiger partial charge in [-0.05, 0) is 29.8 Å². The minimum atomic E-state index is -3.59. The summed E-state index contributed by atoms with van der Waals surface area (Å²) in [6.07, 6.45) is 2.94. The Bertz CT molecular complexity index is 878. The number of hydrogen-bond donors (Lipinski definition) is 0. The number of rotatable bonds is 4. The molecule has 0 unspecified atom stereocenters. The van der Waals surface area contributed by atoms with Gasteiger partial charge in [0.1, 0.15) is 4.90 Å². The van der Waals surface area contributed by atoms with Gasteiger partial charge in [-0.1, -0.05) is 29.3 Å². The molecular weight excluding hydrogens is 397 g/mol. The number of pyridine rings is 1. The quantitative estimate of drug-likeness (QED) is 0.771. The molecule has 1 fully saturated rings. The third-order valence-corrected chi connectivity index (χ3v) is 6.84. The number of hydrogen-bond acceptors (Lipinski definition) is 4. The molecule has 0 atom stereocenters. The van der Waals surface area contributed by atoms with E-state index in [1.54, 1.807) is 29.2 Å². The van der Waals surface area contributed by atoms with Gasteiger partial charge in [0.25, 0.3) is 0 Å². The lowest BCUT2D eigenvalue weighted by atomic mass is 10.1. The van der Waals surface area contributed by atoms with Gasteiger partial charge in [0.2, 0.25) is 15.9 Å². The summed E-state index contributed by atoms with van der Waals surface area (Å²) in [7, 11) is -3.59. The van der Waals surface area contributed by atoms with Crippen LogP contribution in [0.4, 0.5) is 0 Å². The summed E-state index contributed by atoms with van der Waals surface area (Å²) in [5, 5.41) is 0.896. The van der Waals surface area contributed by atoms with Gasteiger partial charge in [0.05, 0.1) is 6.42 Å². The van der Waals surface area contributed by atoms with Gasteiger partial charge in [0.15, 0.2) is 0 Å². The van der Waals surface area contributed by atoms with Crippen molar-refractivity contribution in [2.45, 2.75) is 11.3 Å². The topological polar surface area (TPSA) is 70.6 Å². The van der Waals surface area contributed by atoms with Crippen molar-refractivity contribution in [3.8, 4) is 0 Å². The third kappa shape index (κ3) is 4.01. The number of sulfonamides is 1. The van der Waals surface area contributed by atoms with Crippen molar-refractivity contribution in [1.82, 2.24) is 14.2 Å². The molecule has 9 heteroatoms. The van der Waals surface area contributed by atoms with Gasteiger partial charge >= 0.3 is 0 Å². The Morgan fingerprint density at radius 2 is 1.69 bits per heavy atom. The van der Waals surface area contributed by atoms with Crippen molar-refractivity contribution in [2.24, 2.45) is 0 Å². The second-order valence-corrected chi connectivity index (χ2v) is 8.60. The number of carbonyl (C=O) groups is 1. The standard InChI is InChI=1S/C17H17Cl2N3O3S/c18-15-4-1-5-16(19)14(15)11-17(23)21-7-9-22(10-8-21)26(24,25)13-3-2-6-20-12-13/h1-6,12H,7-11H2. The molecule has 138 valence electrons. The van der Waals surface area contributed by atoms with Gasteiger partial charge in [-0.3, -0.25) is 9.78 Å². The molecule has 0 N–H and O–H groups in total. The first-order valence-corrected chi connectivity index (χ1v) is 10.2. The maximum absolute atomic E-state index is 12.6. The number of benzene rings is 1. The zero-order chi connectivity index (χ0) is 18.7. The maximum atomic E-state index is 12.6. The molecule has 0 saturated carbocycles. The van der Waals surface area contributed by atoms with Crippen LogP contribution in [0.3, 0.4) is 0 Å². The summed E-state index contributed by atoms with van der Waals surface area (Å²) in [5.74, 6) is -0.126. The van der Waals surface area contributed by atoms with E-state index in [2.05, 4.69) is 4.98 Å². The molecule has 0 radical (unpaired) electrons. The molecular formula is C17H17Cl2N3O3S. The number of carbonyl (C=O) groups excluding carboxylic acids is 1. The first-order valence-electron chi connectivity index (χ1n) is 8.00. The van der Waals surface area contributed by atoms with Crippen molar-refractivity contribution < 1.29 is 13.2 Å². The average Bonchev–Trinajstić information content (AvgIpc) is 2.65. The summed E-state index contributed by atoms with van der Waals surface area (Å²) in [5.41, 5.74) is 0.589. The highest BCUT2D eigenvalue weighted by molar-refractivity contribution is 7.89. The van der Waals surface area contributed by atoms with Crippen molar-refractivity contribution >= 4 is 39.1 Å². The fourth-order valence-corrected chi connectivity index (χ4v) is 4.71. The van der Waals surface area contributed by atoms with Crippen LogP contribution in [-0.2, 0) is 21.2 Å². The summed E-state index contributed by atoms with van der Waals surface area (Å²) in [6, 6.07) is 8.20. The fourth-order valence-electron chi connectivity index (χ4n) is 2.79. The normalized spacial score (nSPS) is 15.8. The van der Waals surface area contributed by atoms with Crippen molar-refractivity contribution in [2.75, 3.05) is 26.2 Å². The highest BCUT2D eigenvalue weighted by Gasteiger charge is 2.30. The summed E-state index contributed by atoms with van der Waals surface area (Å²) >= 11 is 12.2. The predicted molar refractivity (Wildman–Crippen MR) is 99.7 cm³/mol. The Morgan fingerprint density at radius 3 is 2.27 bits per heavy atom. The van der Waals surface area contributed by atoms with Gasteiger partial charge in [0, 0.05) is 48.6 Å². The molecule has 26 heavy (non-hydrogen) atoms. The Hall–Kier alpha value is -1.67. The molecule has 0 bridgehead atoms. The lowest BCUT2D eigenvalue weighted by molar-refractivity contribution is -0.131. The molecule has 1 amide bonds. The van der Waals surface area contributed by atoms with Crippen LogP contribution in [0.5, 0.6) is 0 Å².